The highest BCUT2D eigenvalue weighted by molar-refractivity contribution is 6.30. The third kappa shape index (κ3) is 3.99. The monoisotopic (exact) mass is 289 g/mol. The van der Waals surface area contributed by atoms with Gasteiger partial charge in [0.2, 0.25) is 0 Å². The van der Waals surface area contributed by atoms with E-state index in [0.717, 1.165) is 12.1 Å². The molecule has 0 heterocycles. The first-order chi connectivity index (χ1) is 9.56. The van der Waals surface area contributed by atoms with Crippen LogP contribution in [0.2, 0.25) is 5.02 Å². The van der Waals surface area contributed by atoms with Crippen molar-refractivity contribution in [2.24, 2.45) is 0 Å². The molecule has 0 bridgehead atoms. The summed E-state index contributed by atoms with van der Waals surface area (Å²) < 4.78 is 0. The van der Waals surface area contributed by atoms with Crippen LogP contribution < -0.4 is 4.90 Å². The molecule has 1 N–H and O–H groups in total. The van der Waals surface area contributed by atoms with Gasteiger partial charge in [0, 0.05) is 24.3 Å². The first-order valence-corrected chi connectivity index (χ1v) is 7.15. The number of aliphatic hydroxyl groups excluding tert-OH is 1. The molecule has 106 valence electrons. The Morgan fingerprint density at radius 3 is 2.60 bits per heavy atom. The zero-order chi connectivity index (χ0) is 14.5. The molecule has 3 heteroatoms. The summed E-state index contributed by atoms with van der Waals surface area (Å²) in [5.74, 6) is 0. The van der Waals surface area contributed by atoms with Crippen molar-refractivity contribution in [1.29, 1.82) is 0 Å². The third-order valence-electron chi connectivity index (χ3n) is 3.41. The van der Waals surface area contributed by atoms with Gasteiger partial charge in [0.1, 0.15) is 0 Å². The van der Waals surface area contributed by atoms with Crippen molar-refractivity contribution in [3.8, 4) is 0 Å². The quantitative estimate of drug-likeness (QED) is 0.891. The predicted molar refractivity (Wildman–Crippen MR) is 85.5 cm³/mol. The Morgan fingerprint density at radius 1 is 1.15 bits per heavy atom. The highest BCUT2D eigenvalue weighted by Crippen LogP contribution is 2.22. The van der Waals surface area contributed by atoms with Crippen LogP contribution in [0, 0.1) is 6.92 Å². The molecule has 20 heavy (non-hydrogen) atoms. The Morgan fingerprint density at radius 2 is 1.90 bits per heavy atom. The molecule has 0 aliphatic carbocycles. The van der Waals surface area contributed by atoms with Crippen molar-refractivity contribution in [1.82, 2.24) is 0 Å². The van der Waals surface area contributed by atoms with E-state index in [-0.39, 0.29) is 0 Å². The lowest BCUT2D eigenvalue weighted by Crippen LogP contribution is -2.20. The molecule has 0 aliphatic heterocycles. The van der Waals surface area contributed by atoms with Crippen molar-refractivity contribution in [3.05, 3.63) is 64.7 Å². The summed E-state index contributed by atoms with van der Waals surface area (Å²) in [5, 5.41) is 10.9. The minimum Gasteiger partial charge on any atom is -0.388 e. The van der Waals surface area contributed by atoms with E-state index in [4.69, 9.17) is 11.6 Å². The molecule has 2 aromatic carbocycles. The topological polar surface area (TPSA) is 23.5 Å². The van der Waals surface area contributed by atoms with Gasteiger partial charge in [-0.15, -0.1) is 0 Å². The van der Waals surface area contributed by atoms with E-state index in [0.29, 0.717) is 11.4 Å². The number of aryl methyl sites for hydroxylation is 1. The maximum Gasteiger partial charge on any atom is 0.0807 e. The molecule has 1 atom stereocenters. The largest absolute Gasteiger partial charge is 0.388 e. The molecule has 0 radical (unpaired) electrons. The Hall–Kier alpha value is -1.51. The number of benzene rings is 2. The number of aliphatic hydroxyl groups is 1. The van der Waals surface area contributed by atoms with E-state index < -0.39 is 6.10 Å². The van der Waals surface area contributed by atoms with Crippen LogP contribution in [-0.4, -0.2) is 18.7 Å². The summed E-state index contributed by atoms with van der Waals surface area (Å²) in [6.45, 7) is 2.87. The van der Waals surface area contributed by atoms with Gasteiger partial charge >= 0.3 is 0 Å². The van der Waals surface area contributed by atoms with Crippen LogP contribution in [0.5, 0.6) is 0 Å². The number of hydrogen-bond donors (Lipinski definition) is 1. The van der Waals surface area contributed by atoms with Crippen LogP contribution in [0.1, 0.15) is 23.7 Å². The Kier molecular flexibility index (Phi) is 5.05. The van der Waals surface area contributed by atoms with Crippen molar-refractivity contribution in [2.45, 2.75) is 19.4 Å². The zero-order valence-corrected chi connectivity index (χ0v) is 12.6. The minimum absolute atomic E-state index is 0.485. The lowest BCUT2D eigenvalue weighted by atomic mass is 10.1. The maximum absolute atomic E-state index is 10.2. The summed E-state index contributed by atoms with van der Waals surface area (Å²) >= 11 is 5.94. The van der Waals surface area contributed by atoms with E-state index in [9.17, 15) is 5.11 Å². The van der Waals surface area contributed by atoms with Gasteiger partial charge in [0.05, 0.1) is 6.10 Å². The van der Waals surface area contributed by atoms with Gasteiger partial charge in [0.15, 0.2) is 0 Å². The molecular formula is C17H20ClNO. The van der Waals surface area contributed by atoms with Crippen LogP contribution >= 0.6 is 11.6 Å². The van der Waals surface area contributed by atoms with E-state index in [1.54, 1.807) is 0 Å². The normalized spacial score (nSPS) is 12.2. The average Bonchev–Trinajstić information content (AvgIpc) is 2.44. The van der Waals surface area contributed by atoms with Crippen LogP contribution in [0.15, 0.2) is 48.5 Å². The van der Waals surface area contributed by atoms with Gasteiger partial charge < -0.3 is 10.0 Å². The number of anilines is 1. The van der Waals surface area contributed by atoms with Crippen LogP contribution in [0.4, 0.5) is 5.69 Å². The van der Waals surface area contributed by atoms with Crippen molar-refractivity contribution in [2.75, 3.05) is 18.5 Å². The van der Waals surface area contributed by atoms with Crippen molar-refractivity contribution >= 4 is 17.3 Å². The summed E-state index contributed by atoms with van der Waals surface area (Å²) in [7, 11) is 2.04. The zero-order valence-electron chi connectivity index (χ0n) is 11.9. The average molecular weight is 290 g/mol. The molecule has 0 amide bonds. The fourth-order valence-electron chi connectivity index (χ4n) is 2.19. The molecule has 1 unspecified atom stereocenters. The number of rotatable bonds is 5. The fraction of sp³-hybridized carbons (Fsp3) is 0.294. The van der Waals surface area contributed by atoms with Gasteiger partial charge in [-0.2, -0.15) is 0 Å². The molecule has 2 aromatic rings. The van der Waals surface area contributed by atoms with Crippen LogP contribution in [0.25, 0.3) is 0 Å². The lowest BCUT2D eigenvalue weighted by Gasteiger charge is -2.21. The standard InChI is InChI=1S/C17H20ClNO/c1-13-5-3-8-16(11-13)19(2)10-9-17(20)14-6-4-7-15(18)12-14/h3-8,11-12,17,20H,9-10H2,1-2H3. The highest BCUT2D eigenvalue weighted by atomic mass is 35.5. The molecule has 2 nitrogen and oxygen atoms in total. The van der Waals surface area contributed by atoms with Gasteiger partial charge in [-0.25, -0.2) is 0 Å². The van der Waals surface area contributed by atoms with Gasteiger partial charge in [-0.3, -0.25) is 0 Å². The SMILES string of the molecule is Cc1cccc(N(C)CCC(O)c2cccc(Cl)c2)c1. The molecular weight excluding hydrogens is 270 g/mol. The Balaban J connectivity index is 1.94. The Labute approximate surface area is 125 Å². The third-order valence-corrected chi connectivity index (χ3v) is 3.65. The summed E-state index contributed by atoms with van der Waals surface area (Å²) in [6, 6.07) is 15.8. The van der Waals surface area contributed by atoms with E-state index >= 15 is 0 Å². The van der Waals surface area contributed by atoms with Crippen molar-refractivity contribution in [3.63, 3.8) is 0 Å². The van der Waals surface area contributed by atoms with E-state index in [2.05, 4.69) is 36.1 Å². The lowest BCUT2D eigenvalue weighted by molar-refractivity contribution is 0.170. The van der Waals surface area contributed by atoms with Crippen molar-refractivity contribution < 1.29 is 5.11 Å². The van der Waals surface area contributed by atoms with Gasteiger partial charge in [0.25, 0.3) is 0 Å². The summed E-state index contributed by atoms with van der Waals surface area (Å²) in [5.41, 5.74) is 3.28. The smallest absolute Gasteiger partial charge is 0.0807 e. The second kappa shape index (κ2) is 6.78. The molecule has 0 fully saturated rings. The molecule has 0 aromatic heterocycles. The molecule has 0 saturated carbocycles. The van der Waals surface area contributed by atoms with Gasteiger partial charge in [-0.05, 0) is 48.7 Å². The van der Waals surface area contributed by atoms with E-state index in [1.165, 1.54) is 11.3 Å². The molecule has 0 aliphatic rings. The number of nitrogens with zero attached hydrogens (tertiary/aromatic N) is 1. The fourth-order valence-corrected chi connectivity index (χ4v) is 2.39. The number of halogens is 1. The highest BCUT2D eigenvalue weighted by Gasteiger charge is 2.10. The maximum atomic E-state index is 10.2. The van der Waals surface area contributed by atoms with Gasteiger partial charge in [-0.1, -0.05) is 35.9 Å². The molecule has 0 spiro atoms. The second-order valence-corrected chi connectivity index (χ2v) is 5.56. The first kappa shape index (κ1) is 14.9. The van der Waals surface area contributed by atoms with E-state index in [1.807, 2.05) is 31.3 Å². The van der Waals surface area contributed by atoms with Crippen LogP contribution in [0.3, 0.4) is 0 Å². The molecule has 0 saturated heterocycles. The Bertz CT molecular complexity index is 519. The predicted octanol–water partition coefficient (Wildman–Crippen LogP) is 4.21. The van der Waals surface area contributed by atoms with Crippen LogP contribution in [-0.2, 0) is 0 Å². The minimum atomic E-state index is -0.485. The second-order valence-electron chi connectivity index (χ2n) is 5.12. The number of hydrogen-bond acceptors (Lipinski definition) is 2. The summed E-state index contributed by atoms with van der Waals surface area (Å²) in [4.78, 5) is 2.15. The first-order valence-electron chi connectivity index (χ1n) is 6.77. The molecule has 2 rings (SSSR count). The summed E-state index contributed by atoms with van der Waals surface area (Å²) in [6.07, 6.45) is 0.186.